The topological polar surface area (TPSA) is 39.7 Å². The summed E-state index contributed by atoms with van der Waals surface area (Å²) in [4.78, 5) is 24.1. The minimum atomic E-state index is 0.121. The molecule has 0 spiro atoms. The zero-order valence-electron chi connectivity index (χ0n) is 17.9. The summed E-state index contributed by atoms with van der Waals surface area (Å²) in [6, 6.07) is 10.5. The molecule has 2 aliphatic rings. The molecule has 0 radical (unpaired) electrons. The van der Waals surface area contributed by atoms with E-state index in [-0.39, 0.29) is 5.91 Å². The number of amides is 1. The Labute approximate surface area is 174 Å². The summed E-state index contributed by atoms with van der Waals surface area (Å²) in [5, 5.41) is 0. The Kier molecular flexibility index (Phi) is 5.74. The van der Waals surface area contributed by atoms with Gasteiger partial charge in [-0.05, 0) is 61.9 Å². The third-order valence-corrected chi connectivity index (χ3v) is 6.59. The number of hydrogen-bond donors (Lipinski definition) is 0. The van der Waals surface area contributed by atoms with Gasteiger partial charge in [0, 0.05) is 51.2 Å². The molecule has 2 aromatic rings. The third-order valence-electron chi connectivity index (χ3n) is 6.59. The number of aromatic nitrogens is 1. The lowest BCUT2D eigenvalue weighted by molar-refractivity contribution is 0.0697. The van der Waals surface area contributed by atoms with E-state index in [1.165, 1.54) is 16.8 Å². The Hall–Kier alpha value is -2.56. The highest BCUT2D eigenvalue weighted by Gasteiger charge is 2.23. The molecule has 2 saturated heterocycles. The molecule has 2 fully saturated rings. The number of piperazine rings is 1. The van der Waals surface area contributed by atoms with E-state index in [4.69, 9.17) is 0 Å². The molecule has 5 nitrogen and oxygen atoms in total. The summed E-state index contributed by atoms with van der Waals surface area (Å²) in [6.45, 7) is 12.2. The lowest BCUT2D eigenvalue weighted by atomic mass is 9.99. The highest BCUT2D eigenvalue weighted by Crippen LogP contribution is 2.25. The standard InChI is InChI=1S/C24H32N4O/c1-18-9-11-28(12-10-18)24(29)21-7-8-23(25-17-21)27-15-13-26(14-16-27)22-6-4-5-19(2)20(22)3/h4-8,17-18H,9-16H2,1-3H3. The second-order valence-electron chi connectivity index (χ2n) is 8.57. The van der Waals surface area contributed by atoms with E-state index in [0.717, 1.165) is 63.8 Å². The number of benzene rings is 1. The SMILES string of the molecule is Cc1cccc(N2CCN(c3ccc(C(=O)N4CCC(C)CC4)cn3)CC2)c1C. The zero-order chi connectivity index (χ0) is 20.4. The number of piperidine rings is 1. The Balaban J connectivity index is 1.37. The molecule has 2 aliphatic heterocycles. The van der Waals surface area contributed by atoms with Crippen molar-refractivity contribution in [2.24, 2.45) is 5.92 Å². The number of pyridine rings is 1. The number of anilines is 2. The van der Waals surface area contributed by atoms with Crippen molar-refractivity contribution in [3.8, 4) is 0 Å². The Morgan fingerprint density at radius 1 is 0.931 bits per heavy atom. The van der Waals surface area contributed by atoms with Crippen LogP contribution in [0.3, 0.4) is 0 Å². The number of likely N-dealkylation sites (tertiary alicyclic amines) is 1. The molecule has 0 atom stereocenters. The molecule has 0 bridgehead atoms. The second kappa shape index (κ2) is 8.44. The van der Waals surface area contributed by atoms with Crippen LogP contribution in [0, 0.1) is 19.8 Å². The highest BCUT2D eigenvalue weighted by molar-refractivity contribution is 5.94. The van der Waals surface area contributed by atoms with Gasteiger partial charge in [-0.3, -0.25) is 4.79 Å². The van der Waals surface area contributed by atoms with Crippen LogP contribution in [0.15, 0.2) is 36.5 Å². The average molecular weight is 393 g/mol. The van der Waals surface area contributed by atoms with E-state index in [0.29, 0.717) is 5.56 Å². The first-order valence-corrected chi connectivity index (χ1v) is 10.8. The quantitative estimate of drug-likeness (QED) is 0.794. The predicted octanol–water partition coefficient (Wildman–Crippen LogP) is 3.90. The number of carbonyl (C=O) groups is 1. The fourth-order valence-electron chi connectivity index (χ4n) is 4.35. The second-order valence-corrected chi connectivity index (χ2v) is 8.57. The molecule has 29 heavy (non-hydrogen) atoms. The van der Waals surface area contributed by atoms with Crippen LogP contribution < -0.4 is 9.80 Å². The van der Waals surface area contributed by atoms with Crippen LogP contribution in [0.1, 0.15) is 41.3 Å². The summed E-state index contributed by atoms with van der Waals surface area (Å²) < 4.78 is 0. The molecule has 0 unspecified atom stereocenters. The first-order valence-electron chi connectivity index (χ1n) is 10.8. The molecular formula is C24H32N4O. The van der Waals surface area contributed by atoms with Gasteiger partial charge in [-0.15, -0.1) is 0 Å². The Morgan fingerprint density at radius 3 is 2.28 bits per heavy atom. The van der Waals surface area contributed by atoms with Gasteiger partial charge in [-0.25, -0.2) is 4.98 Å². The largest absolute Gasteiger partial charge is 0.368 e. The van der Waals surface area contributed by atoms with Gasteiger partial charge in [-0.2, -0.15) is 0 Å². The molecule has 3 heterocycles. The first kappa shape index (κ1) is 19.7. The molecule has 154 valence electrons. The molecule has 1 aromatic heterocycles. The van der Waals surface area contributed by atoms with E-state index in [1.807, 2.05) is 17.0 Å². The van der Waals surface area contributed by atoms with Crippen molar-refractivity contribution in [2.45, 2.75) is 33.6 Å². The highest BCUT2D eigenvalue weighted by atomic mass is 16.2. The molecular weight excluding hydrogens is 360 g/mol. The summed E-state index contributed by atoms with van der Waals surface area (Å²) in [7, 11) is 0. The maximum Gasteiger partial charge on any atom is 0.255 e. The minimum absolute atomic E-state index is 0.121. The Bertz CT molecular complexity index is 848. The van der Waals surface area contributed by atoms with E-state index in [9.17, 15) is 4.79 Å². The van der Waals surface area contributed by atoms with Gasteiger partial charge < -0.3 is 14.7 Å². The predicted molar refractivity (Wildman–Crippen MR) is 119 cm³/mol. The fraction of sp³-hybridized carbons (Fsp3) is 0.500. The van der Waals surface area contributed by atoms with E-state index >= 15 is 0 Å². The lowest BCUT2D eigenvalue weighted by Crippen LogP contribution is -2.47. The normalized spacial score (nSPS) is 18.2. The molecule has 1 aromatic carbocycles. The van der Waals surface area contributed by atoms with Gasteiger partial charge in [0.1, 0.15) is 5.82 Å². The summed E-state index contributed by atoms with van der Waals surface area (Å²) in [6.07, 6.45) is 3.96. The van der Waals surface area contributed by atoms with Crippen LogP contribution in [0.2, 0.25) is 0 Å². The fourth-order valence-corrected chi connectivity index (χ4v) is 4.35. The number of carbonyl (C=O) groups excluding carboxylic acids is 1. The van der Waals surface area contributed by atoms with Crippen molar-refractivity contribution in [3.63, 3.8) is 0 Å². The van der Waals surface area contributed by atoms with Gasteiger partial charge in [0.2, 0.25) is 0 Å². The minimum Gasteiger partial charge on any atom is -0.368 e. The molecule has 0 saturated carbocycles. The van der Waals surface area contributed by atoms with Gasteiger partial charge >= 0.3 is 0 Å². The molecule has 1 amide bonds. The van der Waals surface area contributed by atoms with Gasteiger partial charge in [0.05, 0.1) is 5.56 Å². The van der Waals surface area contributed by atoms with Crippen molar-refractivity contribution < 1.29 is 4.79 Å². The van der Waals surface area contributed by atoms with Crippen molar-refractivity contribution in [1.29, 1.82) is 0 Å². The van der Waals surface area contributed by atoms with Crippen molar-refractivity contribution in [2.75, 3.05) is 49.1 Å². The average Bonchev–Trinajstić information content (AvgIpc) is 2.76. The summed E-state index contributed by atoms with van der Waals surface area (Å²) in [5.41, 5.74) is 4.76. The van der Waals surface area contributed by atoms with Crippen LogP contribution in [0.25, 0.3) is 0 Å². The maximum absolute atomic E-state index is 12.7. The van der Waals surface area contributed by atoms with E-state index in [2.05, 4.69) is 53.8 Å². The van der Waals surface area contributed by atoms with E-state index < -0.39 is 0 Å². The summed E-state index contributed by atoms with van der Waals surface area (Å²) >= 11 is 0. The summed E-state index contributed by atoms with van der Waals surface area (Å²) in [5.74, 6) is 1.81. The first-order chi connectivity index (χ1) is 14.0. The van der Waals surface area contributed by atoms with Crippen molar-refractivity contribution >= 4 is 17.4 Å². The van der Waals surface area contributed by atoms with Crippen molar-refractivity contribution in [3.05, 3.63) is 53.2 Å². The number of rotatable bonds is 3. The van der Waals surface area contributed by atoms with Gasteiger partial charge in [0.25, 0.3) is 5.91 Å². The zero-order valence-corrected chi connectivity index (χ0v) is 17.9. The number of hydrogen-bond acceptors (Lipinski definition) is 4. The molecule has 4 rings (SSSR count). The van der Waals surface area contributed by atoms with Crippen molar-refractivity contribution in [1.82, 2.24) is 9.88 Å². The lowest BCUT2D eigenvalue weighted by Gasteiger charge is -2.37. The number of nitrogens with zero attached hydrogens (tertiary/aromatic N) is 4. The van der Waals surface area contributed by atoms with Crippen LogP contribution >= 0.6 is 0 Å². The van der Waals surface area contributed by atoms with Gasteiger partial charge in [-0.1, -0.05) is 19.1 Å². The molecule has 5 heteroatoms. The maximum atomic E-state index is 12.7. The number of aryl methyl sites for hydroxylation is 1. The van der Waals surface area contributed by atoms with Crippen LogP contribution in [0.5, 0.6) is 0 Å². The van der Waals surface area contributed by atoms with Crippen LogP contribution in [-0.4, -0.2) is 55.1 Å². The van der Waals surface area contributed by atoms with Crippen LogP contribution in [0.4, 0.5) is 11.5 Å². The monoisotopic (exact) mass is 392 g/mol. The van der Waals surface area contributed by atoms with Gasteiger partial charge in [0.15, 0.2) is 0 Å². The smallest absolute Gasteiger partial charge is 0.255 e. The third kappa shape index (κ3) is 4.24. The molecule has 0 aliphatic carbocycles. The molecule has 0 N–H and O–H groups in total. The van der Waals surface area contributed by atoms with E-state index in [1.54, 1.807) is 6.20 Å². The van der Waals surface area contributed by atoms with Crippen LogP contribution in [-0.2, 0) is 0 Å². The Morgan fingerprint density at radius 2 is 1.62 bits per heavy atom.